The molecule has 9 heterocycles. The third-order valence-electron chi connectivity index (χ3n) is 22.2. The first-order chi connectivity index (χ1) is 51.0. The maximum absolute atomic E-state index is 14.1. The molecule has 27 nitrogen and oxygen atoms in total. The minimum Gasteiger partial charge on any atom is -0.393 e. The van der Waals surface area contributed by atoms with Crippen molar-refractivity contribution in [1.82, 2.24) is 48.5 Å². The Morgan fingerprint density at radius 2 is 0.972 bits per heavy atom. The topological polar surface area (TPSA) is 294 Å². The number of aromatic nitrogens is 6. The van der Waals surface area contributed by atoms with Gasteiger partial charge in [0.25, 0.3) is 17.7 Å². The largest absolute Gasteiger partial charge is 0.393 e. The van der Waals surface area contributed by atoms with Crippen LogP contribution < -0.4 is 56.0 Å². The number of carbonyl (C=O) groups is 3. The highest BCUT2D eigenvalue weighted by atomic mass is 32.2. The molecule has 5 N–H and O–H groups in total. The molecule has 3 aliphatic carbocycles. The van der Waals surface area contributed by atoms with Gasteiger partial charge >= 0.3 is 0 Å². The molecule has 3 saturated carbocycles. The van der Waals surface area contributed by atoms with E-state index in [-0.39, 0.29) is 36.8 Å². The Labute approximate surface area is 633 Å². The molecule has 3 aromatic heterocycles. The summed E-state index contributed by atoms with van der Waals surface area (Å²) in [6.07, 6.45) is 10.1. The number of rotatable bonds is 13. The van der Waals surface area contributed by atoms with E-state index in [2.05, 4.69) is 49.0 Å². The molecule has 8 aromatic rings. The third kappa shape index (κ3) is 14.2. The molecule has 6 aliphatic heterocycles. The number of sulfonamides is 1. The molecule has 570 valence electrons. The van der Waals surface area contributed by atoms with Crippen LogP contribution in [0.2, 0.25) is 0 Å². The zero-order valence-electron chi connectivity index (χ0n) is 62.5. The van der Waals surface area contributed by atoms with Gasteiger partial charge in [-0.25, -0.2) is 40.9 Å². The standard InChI is InChI=1S/C27H33N6O3P.C25H29N7O2S.C25H32N6O3S.CH4/c1-5-37(36,33-13-11-20(34)12-14-33)21-8-6-7-19(16-21)29-27-28-17-24-25(30-27)31(3)23-10-9-18(2)15-22(23)26(35)32(24)4;1-17-8-9-21-20(14-17)24(33)31(3)22-16-27-25(29-23(22)30(21)2)28-18-6-5-7-19(15-18)35(4,34)32-12-10-26-11-13-32;1-16-7-9-31(10-8-16)35(33,34)25-13-24(14-25,15-25)28-23-26-12-20-21(27-23)29(3)19-6-5-17(2)11-18(19)22(32)30(20)4;/h6-10,15-17,20,34H,5,11-14H2,1-4H3,(H,28,29,30);5-9,14-16,26H,4,10-13H2,1-3H3,(H,27,28,29);5-6,11-12,16H,7-10,13-15H2,1-4H3,(H,26,27,28);1H4. The molecule has 17 rings (SSSR count). The maximum atomic E-state index is 14.1. The van der Waals surface area contributed by atoms with Crippen LogP contribution in [0.15, 0.2) is 127 Å². The molecule has 6 fully saturated rings. The van der Waals surface area contributed by atoms with Gasteiger partial charge in [0, 0.05) is 128 Å². The van der Waals surface area contributed by atoms with Crippen molar-refractivity contribution in [3.05, 3.63) is 155 Å². The monoisotopic (exact) mass is 1520 g/mol. The quantitative estimate of drug-likeness (QED) is 0.0529. The average molecular weight is 1520 g/mol. The Morgan fingerprint density at radius 1 is 0.546 bits per heavy atom. The second-order valence-corrected chi connectivity index (χ2v) is 37.3. The summed E-state index contributed by atoms with van der Waals surface area (Å²) < 4.78 is 59.3. The predicted molar refractivity (Wildman–Crippen MR) is 433 cm³/mol. The molecule has 3 saturated heterocycles. The minimum absolute atomic E-state index is 0. The lowest BCUT2D eigenvalue weighted by Gasteiger charge is -2.69. The van der Waals surface area contributed by atoms with Gasteiger partial charge in [-0.15, -0.1) is 0 Å². The second kappa shape index (κ2) is 29.8. The molecule has 3 amide bonds. The number of piperazine rings is 1. The Morgan fingerprint density at radius 3 is 1.43 bits per heavy atom. The Hall–Kier alpha value is -9.45. The van der Waals surface area contributed by atoms with E-state index in [1.807, 2.05) is 176 Å². The van der Waals surface area contributed by atoms with Crippen molar-refractivity contribution in [3.8, 4) is 0 Å². The van der Waals surface area contributed by atoms with Crippen LogP contribution in [0.5, 0.6) is 0 Å². The molecule has 30 heteroatoms. The van der Waals surface area contributed by atoms with Crippen molar-refractivity contribution in [2.45, 2.75) is 108 Å². The normalized spacial score (nSPS) is 21.2. The van der Waals surface area contributed by atoms with Crippen LogP contribution >= 0.6 is 7.29 Å². The molecule has 9 aliphatic rings. The number of aryl methyl sites for hydroxylation is 3. The van der Waals surface area contributed by atoms with Crippen LogP contribution in [0, 0.1) is 26.7 Å². The van der Waals surface area contributed by atoms with Gasteiger partial charge in [0.15, 0.2) is 24.7 Å². The first kappa shape index (κ1) is 76.7. The number of aliphatic hydroxyl groups excluding tert-OH is 1. The molecule has 108 heavy (non-hydrogen) atoms. The first-order valence-corrected chi connectivity index (χ1v) is 41.3. The lowest BCUT2D eigenvalue weighted by molar-refractivity contribution is 0.0227. The fraction of sp³-hybridized carbons (Fsp3) is 0.410. The number of piperidine rings is 2. The fourth-order valence-electron chi connectivity index (χ4n) is 15.8. The summed E-state index contributed by atoms with van der Waals surface area (Å²) in [6.45, 7) is 15.5. The molecule has 2 atom stereocenters. The number of carbonyl (C=O) groups excluding carboxylic acids is 3. The van der Waals surface area contributed by atoms with Crippen molar-refractivity contribution in [2.24, 2.45) is 5.92 Å². The van der Waals surface area contributed by atoms with Gasteiger partial charge in [-0.3, -0.25) is 14.4 Å². The average Bonchev–Trinajstić information content (AvgIpc) is 0.695. The van der Waals surface area contributed by atoms with E-state index in [1.54, 1.807) is 58.7 Å². The van der Waals surface area contributed by atoms with Crippen molar-refractivity contribution in [1.29, 1.82) is 0 Å². The summed E-state index contributed by atoms with van der Waals surface area (Å²) in [5.41, 5.74) is 10.3. The number of nitrogens with zero attached hydrogens (tertiary/aromatic N) is 15. The molecule has 0 spiro atoms. The van der Waals surface area contributed by atoms with Crippen molar-refractivity contribution in [2.75, 3.05) is 146 Å². The molecular formula is C78H98N19O8PS2. The van der Waals surface area contributed by atoms with Crippen LogP contribution in [-0.2, 0) is 24.3 Å². The zero-order valence-corrected chi connectivity index (χ0v) is 65.0. The number of anilines is 14. The molecule has 5 aromatic carbocycles. The van der Waals surface area contributed by atoms with Gasteiger partial charge in [-0.1, -0.05) is 74.4 Å². The van der Waals surface area contributed by atoms with E-state index < -0.39 is 31.8 Å². The van der Waals surface area contributed by atoms with Crippen LogP contribution in [0.3, 0.4) is 0 Å². The molecular weight excluding hydrogens is 1430 g/mol. The Bertz CT molecular complexity index is 5110. The van der Waals surface area contributed by atoms with Crippen LogP contribution in [-0.4, -0.2) is 202 Å². The minimum atomic E-state index is -3.29. The number of aliphatic hydroxyl groups is 1. The highest BCUT2D eigenvalue weighted by Gasteiger charge is 2.75. The van der Waals surface area contributed by atoms with Gasteiger partial charge < -0.3 is 60.3 Å². The first-order valence-electron chi connectivity index (χ1n) is 36.4. The summed E-state index contributed by atoms with van der Waals surface area (Å²) in [6, 6.07) is 32.5. The maximum Gasteiger partial charge on any atom is 0.260 e. The number of benzene rings is 5. The van der Waals surface area contributed by atoms with Crippen molar-refractivity contribution in [3.63, 3.8) is 0 Å². The highest BCUT2D eigenvalue weighted by Crippen LogP contribution is 2.67. The van der Waals surface area contributed by atoms with Crippen molar-refractivity contribution < 1.29 is 36.7 Å². The van der Waals surface area contributed by atoms with E-state index in [0.29, 0.717) is 163 Å². The molecule has 2 unspecified atom stereocenters. The number of hydrogen-bond donors (Lipinski definition) is 5. The summed E-state index contributed by atoms with van der Waals surface area (Å²) in [4.78, 5) is 78.3. The van der Waals surface area contributed by atoms with Crippen molar-refractivity contribution >= 4 is 137 Å². The SMILES string of the molecule is C.C=S(=O)(c1cccc(Nc2ncc3c(n2)N(C)c2ccc(C)cc2C(=O)N3C)c1)N1CCNCC1.CCP(=O)(c1cccc(Nc2ncc3c(n2)N(C)c2ccc(C)cc2C(=O)N3C)c1)N1CCC(O)CC1.Cc1ccc2c(c1)C(=O)N(C)c1cnc(NC34CC(S(=O)(=O)N5CCC(C)CC5)(C3)C4)nc1N2C. The van der Waals surface area contributed by atoms with E-state index in [9.17, 15) is 36.7 Å². The van der Waals surface area contributed by atoms with E-state index >= 15 is 0 Å². The number of nitrogens with one attached hydrogen (secondary N) is 4. The van der Waals surface area contributed by atoms with Gasteiger partial charge in [-0.05, 0) is 144 Å². The fourth-order valence-corrected chi connectivity index (χ4v) is 22.7. The number of amides is 3. The highest BCUT2D eigenvalue weighted by molar-refractivity contribution is 7.98. The van der Waals surface area contributed by atoms with Crippen LogP contribution in [0.4, 0.5) is 80.8 Å². The number of hydrogen-bond acceptors (Lipinski definition) is 21. The third-order valence-corrected chi connectivity index (χ3v) is 30.2. The number of fused-ring (bicyclic) bond motifs is 6. The summed E-state index contributed by atoms with van der Waals surface area (Å²) in [5.74, 6) is 7.41. The van der Waals surface area contributed by atoms with Crippen LogP contribution in [0.1, 0.15) is 114 Å². The lowest BCUT2D eigenvalue weighted by atomic mass is 9.49. The molecule has 2 bridgehead atoms. The van der Waals surface area contributed by atoms with Gasteiger partial charge in [0.2, 0.25) is 27.9 Å². The second-order valence-electron chi connectivity index (χ2n) is 29.6. The van der Waals surface area contributed by atoms with Crippen LogP contribution in [0.25, 0.3) is 0 Å². The smallest absolute Gasteiger partial charge is 0.260 e. The molecule has 0 radical (unpaired) electrons. The van der Waals surface area contributed by atoms with E-state index in [4.69, 9.17) is 15.0 Å². The zero-order chi connectivity index (χ0) is 75.8. The lowest BCUT2D eigenvalue weighted by Crippen LogP contribution is -2.79. The van der Waals surface area contributed by atoms with E-state index in [1.165, 1.54) is 0 Å². The van der Waals surface area contributed by atoms with Gasteiger partial charge in [0.05, 0.1) is 72.9 Å². The summed E-state index contributed by atoms with van der Waals surface area (Å²) >= 11 is 0. The Kier molecular flexibility index (Phi) is 21.2. The van der Waals surface area contributed by atoms with E-state index in [0.717, 1.165) is 70.7 Å². The Balaban J connectivity index is 0.000000142. The van der Waals surface area contributed by atoms with Gasteiger partial charge in [-0.2, -0.15) is 15.0 Å². The van der Waals surface area contributed by atoms with Gasteiger partial charge in [0.1, 0.15) is 17.1 Å². The predicted octanol–water partition coefficient (Wildman–Crippen LogP) is 11.0. The summed E-state index contributed by atoms with van der Waals surface area (Å²) in [5, 5.41) is 23.9. The summed E-state index contributed by atoms with van der Waals surface area (Å²) in [7, 11) is 2.21.